The summed E-state index contributed by atoms with van der Waals surface area (Å²) in [6.45, 7) is 2.17. The molecule has 3 heterocycles. The molecule has 0 aliphatic heterocycles. The molecule has 0 unspecified atom stereocenters. The fraction of sp³-hybridized carbons (Fsp3) is 0.0385. The molecule has 268 valence electrons. The number of hydrogen-bond donors (Lipinski definition) is 0. The average molecular weight is 730 g/mol. The van der Waals surface area contributed by atoms with Gasteiger partial charge in [0.2, 0.25) is 0 Å². The number of rotatable bonds is 6. The standard InChI is InChI=1S/C52H35N5/c1-2-48-56-51-47(57(48)41-16-4-3-5-17-41)29-28-43-42-18-10-11-19-44(42)53-50(49(43)51)35-22-24-36(25-23-35)52-54-45(39-26-20-33-12-6-8-14-37(33)30-39)32-46(55-52)40-27-21-34-13-7-9-15-38(34)31-40/h3-32H,2H2,1H3. The highest BCUT2D eigenvalue weighted by Crippen LogP contribution is 2.39. The lowest BCUT2D eigenvalue weighted by molar-refractivity contribution is 0.908. The minimum Gasteiger partial charge on any atom is -0.296 e. The van der Waals surface area contributed by atoms with Gasteiger partial charge in [0, 0.05) is 45.1 Å². The van der Waals surface area contributed by atoms with Gasteiger partial charge >= 0.3 is 0 Å². The maximum atomic E-state index is 5.34. The van der Waals surface area contributed by atoms with E-state index >= 15 is 0 Å². The lowest BCUT2D eigenvalue weighted by Gasteiger charge is -2.13. The van der Waals surface area contributed by atoms with Crippen molar-refractivity contribution in [1.29, 1.82) is 0 Å². The van der Waals surface area contributed by atoms with Gasteiger partial charge in [0.05, 0.1) is 33.6 Å². The predicted molar refractivity (Wildman–Crippen MR) is 236 cm³/mol. The third kappa shape index (κ3) is 5.63. The van der Waals surface area contributed by atoms with Gasteiger partial charge < -0.3 is 0 Å². The van der Waals surface area contributed by atoms with Gasteiger partial charge in [0.1, 0.15) is 5.82 Å². The van der Waals surface area contributed by atoms with Crippen LogP contribution in [0.3, 0.4) is 0 Å². The third-order valence-corrected chi connectivity index (χ3v) is 11.1. The summed E-state index contributed by atoms with van der Waals surface area (Å²) in [5, 5.41) is 8.06. The lowest BCUT2D eigenvalue weighted by Crippen LogP contribution is -1.99. The number of benzene rings is 8. The van der Waals surface area contributed by atoms with Crippen LogP contribution in [0.4, 0.5) is 0 Å². The summed E-state index contributed by atoms with van der Waals surface area (Å²) in [7, 11) is 0. The van der Waals surface area contributed by atoms with Crippen molar-refractivity contribution in [2.45, 2.75) is 13.3 Å². The molecule has 0 aliphatic carbocycles. The molecule has 0 amide bonds. The smallest absolute Gasteiger partial charge is 0.160 e. The SMILES string of the molecule is CCc1nc2c3c(-c4ccc(-c5nc(-c6ccc7ccccc7c6)cc(-c6ccc7ccccc7c6)n5)cc4)nc4ccccc4c3ccc2n1-c1ccccc1. The molecule has 5 heteroatoms. The van der Waals surface area contributed by atoms with Crippen LogP contribution >= 0.6 is 0 Å². The van der Waals surface area contributed by atoms with E-state index in [1.807, 2.05) is 0 Å². The van der Waals surface area contributed by atoms with E-state index in [2.05, 4.69) is 193 Å². The van der Waals surface area contributed by atoms with Crippen LogP contribution in [-0.4, -0.2) is 24.5 Å². The molecule has 0 N–H and O–H groups in total. The van der Waals surface area contributed by atoms with Crippen LogP contribution in [0.15, 0.2) is 182 Å². The summed E-state index contributed by atoms with van der Waals surface area (Å²) in [5.41, 5.74) is 10.8. The Morgan fingerprint density at radius 1 is 0.439 bits per heavy atom. The van der Waals surface area contributed by atoms with Gasteiger partial charge in [-0.25, -0.2) is 19.9 Å². The summed E-state index contributed by atoms with van der Waals surface area (Å²) in [6, 6.07) is 64.0. The fourth-order valence-corrected chi connectivity index (χ4v) is 8.29. The normalized spacial score (nSPS) is 11.7. The molecule has 0 saturated carbocycles. The van der Waals surface area contributed by atoms with Crippen LogP contribution in [0.5, 0.6) is 0 Å². The number of hydrogen-bond acceptors (Lipinski definition) is 4. The zero-order valence-corrected chi connectivity index (χ0v) is 31.3. The highest BCUT2D eigenvalue weighted by molar-refractivity contribution is 6.20. The first-order valence-electron chi connectivity index (χ1n) is 19.4. The Kier molecular flexibility index (Phi) is 7.71. The Morgan fingerprint density at radius 2 is 1.02 bits per heavy atom. The Bertz CT molecular complexity index is 3230. The topological polar surface area (TPSA) is 56.5 Å². The van der Waals surface area contributed by atoms with Crippen molar-refractivity contribution >= 4 is 54.3 Å². The quantitative estimate of drug-likeness (QED) is 0.160. The van der Waals surface area contributed by atoms with Gasteiger partial charge in [0.15, 0.2) is 5.82 Å². The number of para-hydroxylation sites is 2. The van der Waals surface area contributed by atoms with Gasteiger partial charge in [0.25, 0.3) is 0 Å². The molecule has 0 fully saturated rings. The highest BCUT2D eigenvalue weighted by Gasteiger charge is 2.20. The summed E-state index contributed by atoms with van der Waals surface area (Å²) in [6.07, 6.45) is 0.801. The van der Waals surface area contributed by atoms with E-state index in [0.29, 0.717) is 5.82 Å². The van der Waals surface area contributed by atoms with Crippen molar-refractivity contribution < 1.29 is 0 Å². The van der Waals surface area contributed by atoms with Gasteiger partial charge in [-0.15, -0.1) is 0 Å². The average Bonchev–Trinajstić information content (AvgIpc) is 3.68. The Hall–Kier alpha value is -7.50. The molecule has 0 bridgehead atoms. The highest BCUT2D eigenvalue weighted by atomic mass is 15.1. The first-order valence-corrected chi connectivity index (χ1v) is 19.4. The summed E-state index contributed by atoms with van der Waals surface area (Å²) >= 11 is 0. The first-order chi connectivity index (χ1) is 28.2. The van der Waals surface area contributed by atoms with Gasteiger partial charge in [-0.3, -0.25) is 4.57 Å². The molecule has 8 aromatic carbocycles. The number of nitrogens with zero attached hydrogens (tertiary/aromatic N) is 5. The van der Waals surface area contributed by atoms with E-state index in [0.717, 1.165) is 90.0 Å². The third-order valence-electron chi connectivity index (χ3n) is 11.1. The van der Waals surface area contributed by atoms with E-state index in [1.54, 1.807) is 0 Å². The van der Waals surface area contributed by atoms with E-state index in [9.17, 15) is 0 Å². The molecule has 57 heavy (non-hydrogen) atoms. The minimum absolute atomic E-state index is 0.670. The van der Waals surface area contributed by atoms with Gasteiger partial charge in [-0.2, -0.15) is 0 Å². The largest absolute Gasteiger partial charge is 0.296 e. The van der Waals surface area contributed by atoms with Crippen molar-refractivity contribution in [3.05, 3.63) is 188 Å². The molecule has 11 aromatic rings. The molecule has 0 saturated heterocycles. The molecule has 11 rings (SSSR count). The van der Waals surface area contributed by atoms with Crippen molar-refractivity contribution in [2.24, 2.45) is 0 Å². The number of aryl methyl sites for hydroxylation is 1. The van der Waals surface area contributed by atoms with Crippen molar-refractivity contribution in [2.75, 3.05) is 0 Å². The zero-order valence-electron chi connectivity index (χ0n) is 31.3. The molecular formula is C52H35N5. The second-order valence-corrected chi connectivity index (χ2v) is 14.5. The van der Waals surface area contributed by atoms with Crippen LogP contribution in [0.1, 0.15) is 12.7 Å². The van der Waals surface area contributed by atoms with Crippen LogP contribution in [-0.2, 0) is 6.42 Å². The second kappa shape index (κ2) is 13.4. The number of fused-ring (bicyclic) bond motifs is 7. The maximum Gasteiger partial charge on any atom is 0.160 e. The van der Waals surface area contributed by atoms with Crippen LogP contribution in [0.25, 0.3) is 105 Å². The van der Waals surface area contributed by atoms with E-state index < -0.39 is 0 Å². The minimum atomic E-state index is 0.670. The monoisotopic (exact) mass is 729 g/mol. The first kappa shape index (κ1) is 32.9. The Morgan fingerprint density at radius 3 is 1.68 bits per heavy atom. The molecule has 3 aromatic heterocycles. The van der Waals surface area contributed by atoms with Crippen molar-refractivity contribution in [1.82, 2.24) is 24.5 Å². The summed E-state index contributed by atoms with van der Waals surface area (Å²) in [5.74, 6) is 1.69. The molecule has 0 atom stereocenters. The molecule has 0 spiro atoms. The maximum absolute atomic E-state index is 5.34. The fourth-order valence-electron chi connectivity index (χ4n) is 8.29. The second-order valence-electron chi connectivity index (χ2n) is 14.5. The van der Waals surface area contributed by atoms with E-state index in [4.69, 9.17) is 19.9 Å². The van der Waals surface area contributed by atoms with E-state index in [1.165, 1.54) is 21.5 Å². The molecular weight excluding hydrogens is 695 g/mol. The molecule has 5 nitrogen and oxygen atoms in total. The molecule has 0 aliphatic rings. The van der Waals surface area contributed by atoms with Crippen LogP contribution in [0, 0.1) is 0 Å². The number of pyridine rings is 1. The van der Waals surface area contributed by atoms with Crippen molar-refractivity contribution in [3.63, 3.8) is 0 Å². The van der Waals surface area contributed by atoms with Crippen LogP contribution in [0.2, 0.25) is 0 Å². The Labute approximate surface area is 329 Å². The van der Waals surface area contributed by atoms with E-state index in [-0.39, 0.29) is 0 Å². The number of aromatic nitrogens is 5. The van der Waals surface area contributed by atoms with Gasteiger partial charge in [-0.05, 0) is 69.4 Å². The molecule has 0 radical (unpaired) electrons. The predicted octanol–water partition coefficient (Wildman–Crippen LogP) is 13.1. The van der Waals surface area contributed by atoms with Crippen LogP contribution < -0.4 is 0 Å². The Balaban J connectivity index is 1.09. The summed E-state index contributed by atoms with van der Waals surface area (Å²) in [4.78, 5) is 21.1. The lowest BCUT2D eigenvalue weighted by atomic mass is 9.98. The number of imidazole rings is 1. The summed E-state index contributed by atoms with van der Waals surface area (Å²) < 4.78 is 2.28. The van der Waals surface area contributed by atoms with Crippen molar-refractivity contribution in [3.8, 4) is 50.8 Å². The zero-order chi connectivity index (χ0) is 37.9. The van der Waals surface area contributed by atoms with Gasteiger partial charge in [-0.1, -0.05) is 146 Å².